The Labute approximate surface area is 181 Å². The average Bonchev–Trinajstić information content (AvgIpc) is 2.62. The molecule has 1 saturated heterocycles. The molecule has 2 N–H and O–H groups in total. The first-order chi connectivity index (χ1) is 13.4. The fraction of sp³-hybridized carbons (Fsp3) is 0.520. The molecule has 1 aliphatic heterocycles. The molecule has 2 aromatic rings. The van der Waals surface area contributed by atoms with Crippen molar-refractivity contribution in [3.05, 3.63) is 58.1 Å². The zero-order valence-corrected chi connectivity index (χ0v) is 19.5. The van der Waals surface area contributed by atoms with Gasteiger partial charge in [0.1, 0.15) is 12.3 Å². The lowest BCUT2D eigenvalue weighted by Gasteiger charge is -2.34. The van der Waals surface area contributed by atoms with Gasteiger partial charge in [-0.25, -0.2) is 0 Å². The molecule has 2 aromatic carbocycles. The second-order valence-electron chi connectivity index (χ2n) is 10.4. The Kier molecular flexibility index (Phi) is 6.21. The SMILES string of the molecule is CC(C)(C)c1cc(C[NH+]2CCN(c3cccc(Cl)c3)CC2)cc(C(C)(C)C)c1O. The molecule has 0 unspecified atom stereocenters. The number of nitrogens with one attached hydrogen (secondary N) is 1. The molecule has 0 spiro atoms. The number of hydrogen-bond donors (Lipinski definition) is 2. The van der Waals surface area contributed by atoms with Crippen molar-refractivity contribution in [3.63, 3.8) is 0 Å². The molecule has 0 aromatic heterocycles. The molecule has 3 nitrogen and oxygen atoms in total. The lowest BCUT2D eigenvalue weighted by Crippen LogP contribution is -3.13. The highest BCUT2D eigenvalue weighted by molar-refractivity contribution is 6.30. The molecule has 0 saturated carbocycles. The van der Waals surface area contributed by atoms with Crippen LogP contribution in [0.25, 0.3) is 0 Å². The number of anilines is 1. The Hall–Kier alpha value is -1.71. The van der Waals surface area contributed by atoms with Crippen LogP contribution in [0.3, 0.4) is 0 Å². The van der Waals surface area contributed by atoms with Crippen molar-refractivity contribution >= 4 is 17.3 Å². The number of benzene rings is 2. The van der Waals surface area contributed by atoms with Gasteiger partial charge in [0.25, 0.3) is 0 Å². The second-order valence-corrected chi connectivity index (χ2v) is 10.9. The minimum absolute atomic E-state index is 0.0826. The summed E-state index contributed by atoms with van der Waals surface area (Å²) >= 11 is 6.16. The summed E-state index contributed by atoms with van der Waals surface area (Å²) in [6.45, 7) is 18.3. The van der Waals surface area contributed by atoms with E-state index in [2.05, 4.69) is 70.7 Å². The Morgan fingerprint density at radius 2 is 1.48 bits per heavy atom. The van der Waals surface area contributed by atoms with E-state index in [0.29, 0.717) is 5.75 Å². The van der Waals surface area contributed by atoms with E-state index in [1.807, 2.05) is 12.1 Å². The van der Waals surface area contributed by atoms with Gasteiger partial charge in [-0.15, -0.1) is 0 Å². The van der Waals surface area contributed by atoms with Crippen molar-refractivity contribution in [2.75, 3.05) is 31.1 Å². The molecule has 0 atom stereocenters. The van der Waals surface area contributed by atoms with Crippen LogP contribution in [0.15, 0.2) is 36.4 Å². The summed E-state index contributed by atoms with van der Waals surface area (Å²) in [6.07, 6.45) is 0. The van der Waals surface area contributed by atoms with E-state index in [0.717, 1.165) is 48.9 Å². The number of phenolic OH excluding ortho intramolecular Hbond substituents is 1. The lowest BCUT2D eigenvalue weighted by atomic mass is 9.78. The Bertz CT molecular complexity index is 821. The van der Waals surface area contributed by atoms with Crippen molar-refractivity contribution < 1.29 is 10.0 Å². The molecule has 29 heavy (non-hydrogen) atoms. The van der Waals surface area contributed by atoms with Crippen LogP contribution < -0.4 is 9.80 Å². The quantitative estimate of drug-likeness (QED) is 0.769. The number of rotatable bonds is 3. The fourth-order valence-corrected chi connectivity index (χ4v) is 4.34. The van der Waals surface area contributed by atoms with Gasteiger partial charge < -0.3 is 14.9 Å². The molecule has 3 rings (SSSR count). The van der Waals surface area contributed by atoms with E-state index in [-0.39, 0.29) is 10.8 Å². The number of nitrogens with zero attached hydrogens (tertiary/aromatic N) is 1. The van der Waals surface area contributed by atoms with Gasteiger partial charge in [-0.3, -0.25) is 0 Å². The highest BCUT2D eigenvalue weighted by Gasteiger charge is 2.28. The van der Waals surface area contributed by atoms with Gasteiger partial charge >= 0.3 is 0 Å². The van der Waals surface area contributed by atoms with Gasteiger partial charge in [-0.05, 0) is 41.2 Å². The van der Waals surface area contributed by atoms with Crippen molar-refractivity contribution in [1.29, 1.82) is 0 Å². The first-order valence-electron chi connectivity index (χ1n) is 10.7. The highest BCUT2D eigenvalue weighted by atomic mass is 35.5. The monoisotopic (exact) mass is 415 g/mol. The Balaban J connectivity index is 1.77. The van der Waals surface area contributed by atoms with Crippen LogP contribution in [-0.2, 0) is 17.4 Å². The van der Waals surface area contributed by atoms with Crippen LogP contribution >= 0.6 is 11.6 Å². The first kappa shape index (κ1) is 22.0. The molecule has 4 heteroatoms. The maximum Gasteiger partial charge on any atom is 0.123 e. The number of quaternary nitrogens is 1. The Morgan fingerprint density at radius 1 is 0.931 bits per heavy atom. The van der Waals surface area contributed by atoms with E-state index >= 15 is 0 Å². The van der Waals surface area contributed by atoms with Crippen molar-refractivity contribution in [1.82, 2.24) is 0 Å². The van der Waals surface area contributed by atoms with Crippen molar-refractivity contribution in [3.8, 4) is 5.75 Å². The summed E-state index contributed by atoms with van der Waals surface area (Å²) in [5, 5.41) is 11.7. The van der Waals surface area contributed by atoms with Gasteiger partial charge in [0, 0.05) is 27.4 Å². The van der Waals surface area contributed by atoms with Crippen LogP contribution in [0.4, 0.5) is 5.69 Å². The number of hydrogen-bond acceptors (Lipinski definition) is 2. The molecule has 0 aliphatic carbocycles. The molecular weight excluding hydrogens is 380 g/mol. The topological polar surface area (TPSA) is 27.9 Å². The van der Waals surface area contributed by atoms with Crippen LogP contribution in [0.1, 0.15) is 58.2 Å². The third kappa shape index (κ3) is 5.26. The van der Waals surface area contributed by atoms with E-state index in [9.17, 15) is 5.11 Å². The predicted molar refractivity (Wildman–Crippen MR) is 124 cm³/mol. The normalized spacial score (nSPS) is 16.3. The van der Waals surface area contributed by atoms with E-state index in [1.54, 1.807) is 4.90 Å². The number of halogens is 1. The first-order valence-corrected chi connectivity index (χ1v) is 11.0. The highest BCUT2D eigenvalue weighted by Crippen LogP contribution is 2.39. The molecular formula is C25H36ClN2O+. The summed E-state index contributed by atoms with van der Waals surface area (Å²) in [4.78, 5) is 4.02. The number of aromatic hydroxyl groups is 1. The standard InChI is InChI=1S/C25H35ClN2O/c1-24(2,3)21-14-18(15-22(23(21)29)25(4,5)6)17-27-10-12-28(13-11-27)20-9-7-8-19(26)16-20/h7-9,14-16,29H,10-13,17H2,1-6H3/p+1. The Morgan fingerprint density at radius 3 is 1.97 bits per heavy atom. The summed E-state index contributed by atoms with van der Waals surface area (Å²) < 4.78 is 0. The molecule has 158 valence electrons. The van der Waals surface area contributed by atoms with Crippen molar-refractivity contribution in [2.45, 2.75) is 58.9 Å². The minimum Gasteiger partial charge on any atom is -0.507 e. The number of phenols is 1. The lowest BCUT2D eigenvalue weighted by molar-refractivity contribution is -0.914. The molecule has 1 aliphatic rings. The van der Waals surface area contributed by atoms with Crippen molar-refractivity contribution in [2.24, 2.45) is 0 Å². The van der Waals surface area contributed by atoms with Crippen LogP contribution in [0.2, 0.25) is 5.02 Å². The molecule has 0 radical (unpaired) electrons. The van der Waals surface area contributed by atoms with Crippen LogP contribution in [-0.4, -0.2) is 31.3 Å². The van der Waals surface area contributed by atoms with Crippen LogP contribution in [0.5, 0.6) is 5.75 Å². The van der Waals surface area contributed by atoms with Crippen LogP contribution in [0, 0.1) is 0 Å². The summed E-state index contributed by atoms with van der Waals surface area (Å²) in [5.41, 5.74) is 4.48. The van der Waals surface area contributed by atoms with E-state index < -0.39 is 0 Å². The van der Waals surface area contributed by atoms with E-state index in [1.165, 1.54) is 11.3 Å². The average molecular weight is 416 g/mol. The molecule has 1 heterocycles. The maximum atomic E-state index is 10.9. The number of piperazine rings is 1. The minimum atomic E-state index is -0.0826. The summed E-state index contributed by atoms with van der Waals surface area (Å²) in [6, 6.07) is 12.6. The molecule has 1 fully saturated rings. The summed E-state index contributed by atoms with van der Waals surface area (Å²) in [7, 11) is 0. The third-order valence-electron chi connectivity index (χ3n) is 5.88. The second kappa shape index (κ2) is 8.20. The third-order valence-corrected chi connectivity index (χ3v) is 6.12. The van der Waals surface area contributed by atoms with Gasteiger partial charge in [-0.1, -0.05) is 59.2 Å². The smallest absolute Gasteiger partial charge is 0.123 e. The van der Waals surface area contributed by atoms with E-state index in [4.69, 9.17) is 11.6 Å². The zero-order chi connectivity index (χ0) is 21.4. The van der Waals surface area contributed by atoms with Gasteiger partial charge in [0.15, 0.2) is 0 Å². The predicted octanol–water partition coefficient (Wildman–Crippen LogP) is 4.55. The molecule has 0 amide bonds. The maximum absolute atomic E-state index is 10.9. The van der Waals surface area contributed by atoms with Gasteiger partial charge in [0.2, 0.25) is 0 Å². The molecule has 0 bridgehead atoms. The summed E-state index contributed by atoms with van der Waals surface area (Å²) in [5.74, 6) is 0.467. The van der Waals surface area contributed by atoms with Gasteiger partial charge in [-0.2, -0.15) is 0 Å². The fourth-order valence-electron chi connectivity index (χ4n) is 4.16. The van der Waals surface area contributed by atoms with Gasteiger partial charge in [0.05, 0.1) is 26.2 Å². The zero-order valence-electron chi connectivity index (χ0n) is 18.8. The largest absolute Gasteiger partial charge is 0.507 e.